The van der Waals surface area contributed by atoms with Gasteiger partial charge in [0.25, 0.3) is 5.91 Å². The van der Waals surface area contributed by atoms with E-state index in [9.17, 15) is 9.59 Å². The molecule has 5 nitrogen and oxygen atoms in total. The summed E-state index contributed by atoms with van der Waals surface area (Å²) in [5.74, 6) is 0.0300. The topological polar surface area (TPSA) is 52.7 Å². The number of nitrogens with zero attached hydrogens (tertiary/aromatic N) is 2. The van der Waals surface area contributed by atoms with Gasteiger partial charge in [0.15, 0.2) is 0 Å². The van der Waals surface area contributed by atoms with Crippen molar-refractivity contribution >= 4 is 35.0 Å². The molecule has 2 fully saturated rings. The van der Waals surface area contributed by atoms with Crippen molar-refractivity contribution in [3.63, 3.8) is 0 Å². The second-order valence-corrected chi connectivity index (χ2v) is 6.85. The monoisotopic (exact) mass is 355 g/mol. The molecule has 1 saturated heterocycles. The summed E-state index contributed by atoms with van der Waals surface area (Å²) in [7, 11) is 0. The molecular weight excluding hydrogens is 337 g/mol. The van der Waals surface area contributed by atoms with Crippen molar-refractivity contribution < 1.29 is 9.59 Å². The van der Waals surface area contributed by atoms with Crippen molar-refractivity contribution in [1.82, 2.24) is 15.1 Å². The Labute approximate surface area is 145 Å². The van der Waals surface area contributed by atoms with Crippen LogP contribution in [-0.2, 0) is 4.79 Å². The Hall–Kier alpha value is -1.30. The third-order valence-corrected chi connectivity index (χ3v) is 4.87. The van der Waals surface area contributed by atoms with Crippen LogP contribution < -0.4 is 5.32 Å². The number of carbonyl (C=O) groups is 2. The second kappa shape index (κ2) is 7.07. The van der Waals surface area contributed by atoms with E-state index in [1.165, 1.54) is 0 Å². The summed E-state index contributed by atoms with van der Waals surface area (Å²) in [6.07, 6.45) is 2.19. The van der Waals surface area contributed by atoms with Crippen LogP contribution in [0.25, 0.3) is 0 Å². The van der Waals surface area contributed by atoms with E-state index in [4.69, 9.17) is 23.2 Å². The molecule has 23 heavy (non-hydrogen) atoms. The molecule has 0 radical (unpaired) electrons. The largest absolute Gasteiger partial charge is 0.352 e. The molecule has 7 heteroatoms. The number of hydrogen-bond donors (Lipinski definition) is 1. The Balaban J connectivity index is 1.50. The summed E-state index contributed by atoms with van der Waals surface area (Å²) in [6, 6.07) is 5.31. The Morgan fingerprint density at radius 1 is 1.09 bits per heavy atom. The van der Waals surface area contributed by atoms with Gasteiger partial charge in [0.05, 0.1) is 16.6 Å². The number of benzene rings is 1. The molecule has 1 aromatic carbocycles. The molecule has 1 saturated carbocycles. The first-order valence-corrected chi connectivity index (χ1v) is 8.54. The minimum absolute atomic E-state index is 0.0503. The van der Waals surface area contributed by atoms with Gasteiger partial charge in [0.1, 0.15) is 0 Å². The molecule has 0 aromatic heterocycles. The van der Waals surface area contributed by atoms with Crippen LogP contribution in [0, 0.1) is 0 Å². The summed E-state index contributed by atoms with van der Waals surface area (Å²) < 4.78 is 0. The SMILES string of the molecule is O=C(CN1CCN(C(=O)c2ccc(Cl)c(Cl)c2)CC1)NC1CC1. The molecule has 0 unspecified atom stereocenters. The Bertz CT molecular complexity index is 611. The molecule has 0 bridgehead atoms. The van der Waals surface area contributed by atoms with E-state index < -0.39 is 0 Å². The normalized spacial score (nSPS) is 18.8. The fourth-order valence-electron chi connectivity index (χ4n) is 2.62. The highest BCUT2D eigenvalue weighted by molar-refractivity contribution is 6.42. The summed E-state index contributed by atoms with van der Waals surface area (Å²) in [5, 5.41) is 3.81. The van der Waals surface area contributed by atoms with Gasteiger partial charge in [0, 0.05) is 37.8 Å². The zero-order chi connectivity index (χ0) is 16.4. The van der Waals surface area contributed by atoms with Crippen molar-refractivity contribution in [2.24, 2.45) is 0 Å². The van der Waals surface area contributed by atoms with Gasteiger partial charge < -0.3 is 10.2 Å². The average Bonchev–Trinajstić information content (AvgIpc) is 3.34. The fourth-order valence-corrected chi connectivity index (χ4v) is 2.92. The van der Waals surface area contributed by atoms with Crippen LogP contribution >= 0.6 is 23.2 Å². The molecule has 0 spiro atoms. The number of amides is 2. The summed E-state index contributed by atoms with van der Waals surface area (Å²) >= 11 is 11.8. The third kappa shape index (κ3) is 4.37. The first-order chi connectivity index (χ1) is 11.0. The predicted octanol–water partition coefficient (Wildman–Crippen LogP) is 2.03. The second-order valence-electron chi connectivity index (χ2n) is 6.04. The molecule has 3 rings (SSSR count). The molecule has 0 atom stereocenters. The Morgan fingerprint density at radius 2 is 1.78 bits per heavy atom. The lowest BCUT2D eigenvalue weighted by Crippen LogP contribution is -2.51. The van der Waals surface area contributed by atoms with Gasteiger partial charge in [0.2, 0.25) is 5.91 Å². The van der Waals surface area contributed by atoms with Crippen LogP contribution in [0.3, 0.4) is 0 Å². The number of carbonyl (C=O) groups excluding carboxylic acids is 2. The first-order valence-electron chi connectivity index (χ1n) is 7.79. The van der Waals surface area contributed by atoms with E-state index in [0.29, 0.717) is 54.4 Å². The molecule has 124 valence electrons. The fraction of sp³-hybridized carbons (Fsp3) is 0.500. The Morgan fingerprint density at radius 3 is 2.39 bits per heavy atom. The summed E-state index contributed by atoms with van der Waals surface area (Å²) in [6.45, 7) is 3.02. The van der Waals surface area contributed by atoms with Crippen LogP contribution in [0.4, 0.5) is 0 Å². The van der Waals surface area contributed by atoms with Gasteiger partial charge in [-0.25, -0.2) is 0 Å². The highest BCUT2D eigenvalue weighted by Gasteiger charge is 2.26. The molecule has 1 aliphatic carbocycles. The lowest BCUT2D eigenvalue weighted by Gasteiger charge is -2.34. The van der Waals surface area contributed by atoms with Crippen LogP contribution in [-0.4, -0.2) is 60.4 Å². The molecule has 1 aliphatic heterocycles. The molecule has 2 aliphatic rings. The third-order valence-electron chi connectivity index (χ3n) is 4.14. The van der Waals surface area contributed by atoms with Gasteiger partial charge in [-0.1, -0.05) is 23.2 Å². The lowest BCUT2D eigenvalue weighted by molar-refractivity contribution is -0.122. The van der Waals surface area contributed by atoms with Crippen molar-refractivity contribution in [1.29, 1.82) is 0 Å². The van der Waals surface area contributed by atoms with E-state index >= 15 is 0 Å². The molecular formula is C16H19Cl2N3O2. The number of rotatable bonds is 4. The van der Waals surface area contributed by atoms with Crippen LogP contribution in [0.15, 0.2) is 18.2 Å². The maximum atomic E-state index is 12.5. The zero-order valence-corrected chi connectivity index (χ0v) is 14.2. The minimum Gasteiger partial charge on any atom is -0.352 e. The number of nitrogens with one attached hydrogen (secondary N) is 1. The van der Waals surface area contributed by atoms with Crippen molar-refractivity contribution in [3.8, 4) is 0 Å². The van der Waals surface area contributed by atoms with Crippen LogP contribution in [0.2, 0.25) is 10.0 Å². The van der Waals surface area contributed by atoms with Gasteiger partial charge in [-0.2, -0.15) is 0 Å². The van der Waals surface area contributed by atoms with Crippen LogP contribution in [0.1, 0.15) is 23.2 Å². The molecule has 1 aromatic rings. The summed E-state index contributed by atoms with van der Waals surface area (Å²) in [5.41, 5.74) is 0.541. The van der Waals surface area contributed by atoms with Crippen molar-refractivity contribution in [2.75, 3.05) is 32.7 Å². The van der Waals surface area contributed by atoms with Gasteiger partial charge >= 0.3 is 0 Å². The number of halogens is 2. The van der Waals surface area contributed by atoms with E-state index in [-0.39, 0.29) is 11.8 Å². The van der Waals surface area contributed by atoms with Gasteiger partial charge in [-0.15, -0.1) is 0 Å². The maximum Gasteiger partial charge on any atom is 0.253 e. The summed E-state index contributed by atoms with van der Waals surface area (Å²) in [4.78, 5) is 28.1. The quantitative estimate of drug-likeness (QED) is 0.898. The van der Waals surface area contributed by atoms with E-state index in [2.05, 4.69) is 10.2 Å². The standard InChI is InChI=1S/C16H19Cl2N3O2/c17-13-4-1-11(9-14(13)18)16(23)21-7-5-20(6-8-21)10-15(22)19-12-2-3-12/h1,4,9,12H,2-3,5-8,10H2,(H,19,22). The first kappa shape index (κ1) is 16.6. The number of hydrogen-bond acceptors (Lipinski definition) is 3. The molecule has 1 N–H and O–H groups in total. The van der Waals surface area contributed by atoms with Gasteiger partial charge in [-0.05, 0) is 31.0 Å². The highest BCUT2D eigenvalue weighted by atomic mass is 35.5. The van der Waals surface area contributed by atoms with Crippen molar-refractivity contribution in [3.05, 3.63) is 33.8 Å². The zero-order valence-electron chi connectivity index (χ0n) is 12.7. The minimum atomic E-state index is -0.0503. The highest BCUT2D eigenvalue weighted by Crippen LogP contribution is 2.23. The average molecular weight is 356 g/mol. The van der Waals surface area contributed by atoms with Crippen molar-refractivity contribution in [2.45, 2.75) is 18.9 Å². The molecule has 2 amide bonds. The van der Waals surface area contributed by atoms with Gasteiger partial charge in [-0.3, -0.25) is 14.5 Å². The smallest absolute Gasteiger partial charge is 0.253 e. The predicted molar refractivity (Wildman–Crippen MR) is 90.0 cm³/mol. The van der Waals surface area contributed by atoms with E-state index in [0.717, 1.165) is 12.8 Å². The van der Waals surface area contributed by atoms with Crippen LogP contribution in [0.5, 0.6) is 0 Å². The van der Waals surface area contributed by atoms with E-state index in [1.807, 2.05) is 0 Å². The van der Waals surface area contributed by atoms with E-state index in [1.54, 1.807) is 23.1 Å². The Kier molecular flexibility index (Phi) is 5.09. The lowest BCUT2D eigenvalue weighted by atomic mass is 10.2. The molecule has 1 heterocycles. The number of piperazine rings is 1. The maximum absolute atomic E-state index is 12.5.